The van der Waals surface area contributed by atoms with Crippen molar-refractivity contribution >= 4 is 5.71 Å². The van der Waals surface area contributed by atoms with Crippen molar-refractivity contribution in [2.75, 3.05) is 0 Å². The SMILES string of the molecule is Cc1ccc(-c2cnc3c(n2)-c2nc(-c4ccc(C(F)(F)F)cc4)cnc2/C3=N/C#N)cc1. The Morgan fingerprint density at radius 1 is 0.758 bits per heavy atom. The molecule has 1 aliphatic rings. The lowest BCUT2D eigenvalue weighted by Crippen LogP contribution is -2.04. The lowest BCUT2D eigenvalue weighted by Gasteiger charge is -2.08. The molecule has 9 heteroatoms. The number of halogens is 3. The zero-order valence-corrected chi connectivity index (χ0v) is 17.1. The highest BCUT2D eigenvalue weighted by Gasteiger charge is 2.33. The Labute approximate surface area is 186 Å². The van der Waals surface area contributed by atoms with Crippen LogP contribution in [0.3, 0.4) is 0 Å². The molecule has 0 saturated heterocycles. The number of rotatable bonds is 2. The van der Waals surface area contributed by atoms with E-state index in [4.69, 9.17) is 10.2 Å². The fourth-order valence-electron chi connectivity index (χ4n) is 3.56. The molecule has 0 amide bonds. The van der Waals surface area contributed by atoms with Gasteiger partial charge in [-0.25, -0.2) is 19.9 Å². The second-order valence-corrected chi connectivity index (χ2v) is 7.41. The molecule has 0 spiro atoms. The van der Waals surface area contributed by atoms with Crippen LogP contribution in [-0.4, -0.2) is 25.6 Å². The fourth-order valence-corrected chi connectivity index (χ4v) is 3.56. The molecule has 0 fully saturated rings. The zero-order valence-electron chi connectivity index (χ0n) is 17.1. The van der Waals surface area contributed by atoms with E-state index in [9.17, 15) is 13.2 Å². The summed E-state index contributed by atoms with van der Waals surface area (Å²) in [6.07, 6.45) is 0.359. The highest BCUT2D eigenvalue weighted by Crippen LogP contribution is 2.36. The van der Waals surface area contributed by atoms with Crippen molar-refractivity contribution in [2.24, 2.45) is 4.99 Å². The Morgan fingerprint density at radius 2 is 1.24 bits per heavy atom. The van der Waals surface area contributed by atoms with E-state index in [-0.39, 0.29) is 5.71 Å². The molecule has 5 rings (SSSR count). The van der Waals surface area contributed by atoms with E-state index in [2.05, 4.69) is 19.9 Å². The van der Waals surface area contributed by atoms with Crippen LogP contribution >= 0.6 is 0 Å². The molecule has 0 atom stereocenters. The third kappa shape index (κ3) is 3.61. The Hall–Kier alpha value is -4.45. The van der Waals surface area contributed by atoms with Crippen LogP contribution in [0.25, 0.3) is 33.9 Å². The number of fused-ring (bicyclic) bond motifs is 3. The summed E-state index contributed by atoms with van der Waals surface area (Å²) in [5, 5.41) is 9.13. The minimum atomic E-state index is -4.42. The number of benzene rings is 2. The van der Waals surface area contributed by atoms with Gasteiger partial charge in [0.05, 0.1) is 29.3 Å². The van der Waals surface area contributed by atoms with E-state index >= 15 is 0 Å². The van der Waals surface area contributed by atoms with E-state index in [0.29, 0.717) is 39.7 Å². The van der Waals surface area contributed by atoms with Gasteiger partial charge in [0.25, 0.3) is 0 Å². The number of nitriles is 1. The van der Waals surface area contributed by atoms with Crippen molar-refractivity contribution in [3.05, 3.63) is 83.4 Å². The van der Waals surface area contributed by atoms with Gasteiger partial charge in [0, 0.05) is 11.1 Å². The third-order valence-corrected chi connectivity index (χ3v) is 5.24. The number of aromatic nitrogens is 4. The van der Waals surface area contributed by atoms with Gasteiger partial charge in [0.1, 0.15) is 28.5 Å². The summed E-state index contributed by atoms with van der Waals surface area (Å²) in [4.78, 5) is 22.0. The molecule has 0 unspecified atom stereocenters. The van der Waals surface area contributed by atoms with Crippen LogP contribution in [0.15, 0.2) is 65.9 Å². The molecule has 6 nitrogen and oxygen atoms in total. The van der Waals surface area contributed by atoms with Crippen molar-refractivity contribution in [1.29, 1.82) is 5.26 Å². The monoisotopic (exact) mass is 442 g/mol. The Bertz CT molecular complexity index is 1450. The maximum absolute atomic E-state index is 12.9. The van der Waals surface area contributed by atoms with Gasteiger partial charge in [0.15, 0.2) is 0 Å². The summed E-state index contributed by atoms with van der Waals surface area (Å²) in [5.74, 6) is 0. The second-order valence-electron chi connectivity index (χ2n) is 7.41. The lowest BCUT2D eigenvalue weighted by atomic mass is 10.1. The van der Waals surface area contributed by atoms with Gasteiger partial charge in [0.2, 0.25) is 6.19 Å². The van der Waals surface area contributed by atoms with Crippen molar-refractivity contribution in [3.8, 4) is 40.1 Å². The predicted molar refractivity (Wildman–Crippen MR) is 115 cm³/mol. The van der Waals surface area contributed by atoms with E-state index in [1.807, 2.05) is 31.2 Å². The molecule has 2 aromatic carbocycles. The van der Waals surface area contributed by atoms with E-state index in [1.54, 1.807) is 12.4 Å². The number of alkyl halides is 3. The number of aryl methyl sites for hydroxylation is 1. The molecular weight excluding hydrogens is 429 g/mol. The van der Waals surface area contributed by atoms with Crippen molar-refractivity contribution in [1.82, 2.24) is 19.9 Å². The summed E-state index contributed by atoms with van der Waals surface area (Å²) < 4.78 is 38.7. The minimum Gasteiger partial charge on any atom is -0.250 e. The summed E-state index contributed by atoms with van der Waals surface area (Å²) in [7, 11) is 0. The van der Waals surface area contributed by atoms with Gasteiger partial charge in [-0.15, -0.1) is 0 Å². The molecule has 1 aliphatic carbocycles. The molecule has 2 heterocycles. The van der Waals surface area contributed by atoms with Crippen LogP contribution in [-0.2, 0) is 6.18 Å². The van der Waals surface area contributed by atoms with Gasteiger partial charge in [-0.2, -0.15) is 23.4 Å². The van der Waals surface area contributed by atoms with Gasteiger partial charge in [-0.3, -0.25) is 0 Å². The average Bonchev–Trinajstić information content (AvgIpc) is 3.12. The van der Waals surface area contributed by atoms with Crippen LogP contribution in [0.4, 0.5) is 13.2 Å². The van der Waals surface area contributed by atoms with Gasteiger partial charge < -0.3 is 0 Å². The van der Waals surface area contributed by atoms with E-state index in [1.165, 1.54) is 18.3 Å². The number of aliphatic imine (C=N–C) groups is 1. The molecule has 160 valence electrons. The van der Waals surface area contributed by atoms with Crippen LogP contribution in [0.5, 0.6) is 0 Å². The molecule has 33 heavy (non-hydrogen) atoms. The quantitative estimate of drug-likeness (QED) is 0.350. The Kier molecular flexibility index (Phi) is 4.71. The molecule has 0 radical (unpaired) electrons. The maximum Gasteiger partial charge on any atom is 0.416 e. The normalized spacial score (nSPS) is 13.5. The van der Waals surface area contributed by atoms with Crippen LogP contribution in [0, 0.1) is 18.4 Å². The molecule has 0 N–H and O–H groups in total. The van der Waals surface area contributed by atoms with E-state index in [0.717, 1.165) is 23.3 Å². The van der Waals surface area contributed by atoms with Gasteiger partial charge >= 0.3 is 6.18 Å². The molecule has 4 aromatic rings. The smallest absolute Gasteiger partial charge is 0.250 e. The largest absolute Gasteiger partial charge is 0.416 e. The van der Waals surface area contributed by atoms with Crippen LogP contribution in [0.1, 0.15) is 22.5 Å². The molecule has 2 aromatic heterocycles. The number of hydrogen-bond acceptors (Lipinski definition) is 6. The van der Waals surface area contributed by atoms with E-state index < -0.39 is 11.7 Å². The maximum atomic E-state index is 12.9. The van der Waals surface area contributed by atoms with Crippen molar-refractivity contribution < 1.29 is 13.2 Å². The lowest BCUT2D eigenvalue weighted by molar-refractivity contribution is -0.137. The summed E-state index contributed by atoms with van der Waals surface area (Å²) >= 11 is 0. The molecule has 0 bridgehead atoms. The van der Waals surface area contributed by atoms with Crippen molar-refractivity contribution in [3.63, 3.8) is 0 Å². The minimum absolute atomic E-state index is 0.261. The highest BCUT2D eigenvalue weighted by molar-refractivity contribution is 6.21. The summed E-state index contributed by atoms with van der Waals surface area (Å²) in [5.41, 5.74) is 4.44. The van der Waals surface area contributed by atoms with Gasteiger partial charge in [-0.05, 0) is 19.1 Å². The van der Waals surface area contributed by atoms with Crippen molar-refractivity contribution in [2.45, 2.75) is 13.1 Å². The molecule has 0 aliphatic heterocycles. The first-order valence-electron chi connectivity index (χ1n) is 9.82. The van der Waals surface area contributed by atoms with Crippen LogP contribution < -0.4 is 0 Å². The first-order chi connectivity index (χ1) is 15.8. The first kappa shape index (κ1) is 20.5. The van der Waals surface area contributed by atoms with Gasteiger partial charge in [-0.1, -0.05) is 42.0 Å². The first-order valence-corrected chi connectivity index (χ1v) is 9.82. The summed E-state index contributed by atoms with van der Waals surface area (Å²) in [6.45, 7) is 1.98. The average molecular weight is 442 g/mol. The molecule has 0 saturated carbocycles. The van der Waals surface area contributed by atoms with Crippen LogP contribution in [0.2, 0.25) is 0 Å². The highest BCUT2D eigenvalue weighted by atomic mass is 19.4. The molecular formula is C24H13F3N6. The summed E-state index contributed by atoms with van der Waals surface area (Å²) in [6, 6.07) is 12.5. The predicted octanol–water partition coefficient (Wildman–Crippen LogP) is 5.23. The topological polar surface area (TPSA) is 87.7 Å². The fraction of sp³-hybridized carbons (Fsp3) is 0.0833. The number of nitrogens with zero attached hydrogens (tertiary/aromatic N) is 6. The Morgan fingerprint density at radius 3 is 1.70 bits per heavy atom. The zero-order chi connectivity index (χ0) is 23.2. The third-order valence-electron chi connectivity index (χ3n) is 5.24. The standard InChI is InChI=1S/C24H13F3N6/c1-13-2-4-14(5-3-13)17-10-29-20-19(31-12-28)21-23(22(20)32-17)33-18(11-30-21)15-6-8-16(9-7-15)24(25,26)27/h2-11H,1H3/b31-19+. The second kappa shape index (κ2) is 7.60. The Balaban J connectivity index is 1.63. The number of hydrogen-bond donors (Lipinski definition) is 0.